The molecule has 0 radical (unpaired) electrons. The van der Waals surface area contributed by atoms with E-state index in [0.29, 0.717) is 0 Å². The van der Waals surface area contributed by atoms with Crippen molar-refractivity contribution in [2.24, 2.45) is 5.92 Å². The van der Waals surface area contributed by atoms with Crippen molar-refractivity contribution < 1.29 is 0 Å². The first kappa shape index (κ1) is 14.7. The Labute approximate surface area is 111 Å². The summed E-state index contributed by atoms with van der Waals surface area (Å²) in [6, 6.07) is 1.98. The maximum atomic E-state index is 4.49. The predicted molar refractivity (Wildman–Crippen MR) is 78.1 cm³/mol. The van der Waals surface area contributed by atoms with Crippen LogP contribution in [0.15, 0.2) is 6.07 Å². The zero-order valence-corrected chi connectivity index (χ0v) is 12.1. The quantitative estimate of drug-likeness (QED) is 0.695. The molecule has 1 heterocycles. The second-order valence-electron chi connectivity index (χ2n) is 4.90. The summed E-state index contributed by atoms with van der Waals surface area (Å²) in [5.74, 6) is 3.50. The summed E-state index contributed by atoms with van der Waals surface area (Å²) in [6.45, 7) is 10.5. The predicted octanol–water partition coefficient (Wildman–Crippen LogP) is 3.32. The van der Waals surface area contributed by atoms with Crippen LogP contribution in [-0.4, -0.2) is 23.1 Å². The maximum Gasteiger partial charge on any atom is 0.132 e. The van der Waals surface area contributed by atoms with Gasteiger partial charge in [0.2, 0.25) is 0 Å². The summed E-state index contributed by atoms with van der Waals surface area (Å²) < 4.78 is 0. The zero-order valence-electron chi connectivity index (χ0n) is 12.1. The molecule has 18 heavy (non-hydrogen) atoms. The van der Waals surface area contributed by atoms with Crippen molar-refractivity contribution in [1.82, 2.24) is 9.97 Å². The molecular formula is C14H26N4. The summed E-state index contributed by atoms with van der Waals surface area (Å²) in [7, 11) is 0. The molecule has 0 saturated heterocycles. The highest BCUT2D eigenvalue weighted by Gasteiger charge is 2.02. The van der Waals surface area contributed by atoms with Crippen LogP contribution in [0.4, 0.5) is 11.6 Å². The monoisotopic (exact) mass is 250 g/mol. The van der Waals surface area contributed by atoms with Gasteiger partial charge >= 0.3 is 0 Å². The number of anilines is 2. The molecule has 0 atom stereocenters. The van der Waals surface area contributed by atoms with Crippen molar-refractivity contribution in [3.63, 3.8) is 0 Å². The molecule has 0 fully saturated rings. The number of aromatic nitrogens is 2. The van der Waals surface area contributed by atoms with Gasteiger partial charge in [-0.25, -0.2) is 9.97 Å². The van der Waals surface area contributed by atoms with E-state index in [1.807, 2.05) is 6.07 Å². The second kappa shape index (κ2) is 7.90. The third-order valence-electron chi connectivity index (χ3n) is 2.71. The molecular weight excluding hydrogens is 224 g/mol. The Morgan fingerprint density at radius 2 is 1.78 bits per heavy atom. The zero-order chi connectivity index (χ0) is 13.4. The van der Waals surface area contributed by atoms with E-state index < -0.39 is 0 Å². The number of rotatable bonds is 8. The van der Waals surface area contributed by atoms with Crippen LogP contribution in [0.2, 0.25) is 0 Å². The molecule has 0 aliphatic rings. The smallest absolute Gasteiger partial charge is 0.132 e. The Balaban J connectivity index is 2.55. The van der Waals surface area contributed by atoms with E-state index in [1.54, 1.807) is 0 Å². The molecule has 102 valence electrons. The molecule has 0 bridgehead atoms. The standard InChI is InChI=1S/C14H26N4/c1-5-12-17-13(15-6-2)10-14(18-12)16-9-7-8-11(3)4/h10-11H,5-9H2,1-4H3,(H2,15,16,17,18). The van der Waals surface area contributed by atoms with E-state index in [4.69, 9.17) is 0 Å². The first-order valence-electron chi connectivity index (χ1n) is 7.01. The van der Waals surface area contributed by atoms with Gasteiger partial charge in [0, 0.05) is 25.6 Å². The third kappa shape index (κ3) is 5.34. The van der Waals surface area contributed by atoms with Crippen LogP contribution in [0.25, 0.3) is 0 Å². The lowest BCUT2D eigenvalue weighted by molar-refractivity contribution is 0.566. The molecule has 2 N–H and O–H groups in total. The lowest BCUT2D eigenvalue weighted by Crippen LogP contribution is -2.09. The Bertz CT molecular complexity index is 350. The fourth-order valence-corrected chi connectivity index (χ4v) is 1.74. The van der Waals surface area contributed by atoms with Crippen molar-refractivity contribution in [2.45, 2.75) is 47.0 Å². The fourth-order valence-electron chi connectivity index (χ4n) is 1.74. The number of aryl methyl sites for hydroxylation is 1. The summed E-state index contributed by atoms with van der Waals surface area (Å²) >= 11 is 0. The molecule has 0 amide bonds. The van der Waals surface area contributed by atoms with Gasteiger partial charge in [-0.15, -0.1) is 0 Å². The van der Waals surface area contributed by atoms with Gasteiger partial charge in [0.1, 0.15) is 17.5 Å². The van der Waals surface area contributed by atoms with Crippen molar-refractivity contribution in [3.05, 3.63) is 11.9 Å². The average molecular weight is 250 g/mol. The van der Waals surface area contributed by atoms with E-state index in [2.05, 4.69) is 48.3 Å². The fraction of sp³-hybridized carbons (Fsp3) is 0.714. The van der Waals surface area contributed by atoms with Gasteiger partial charge in [0.25, 0.3) is 0 Å². The summed E-state index contributed by atoms with van der Waals surface area (Å²) in [6.07, 6.45) is 3.29. The Kier molecular flexibility index (Phi) is 6.47. The minimum absolute atomic E-state index is 0.765. The van der Waals surface area contributed by atoms with Crippen molar-refractivity contribution in [3.8, 4) is 0 Å². The molecule has 0 aliphatic heterocycles. The van der Waals surface area contributed by atoms with Crippen LogP contribution in [0.5, 0.6) is 0 Å². The molecule has 0 saturated carbocycles. The van der Waals surface area contributed by atoms with E-state index >= 15 is 0 Å². The Hall–Kier alpha value is -1.32. The second-order valence-corrected chi connectivity index (χ2v) is 4.90. The van der Waals surface area contributed by atoms with Gasteiger partial charge in [-0.3, -0.25) is 0 Å². The number of hydrogen-bond donors (Lipinski definition) is 2. The SMILES string of the molecule is CCNc1cc(NCCCC(C)C)nc(CC)n1. The minimum atomic E-state index is 0.765. The minimum Gasteiger partial charge on any atom is -0.370 e. The Morgan fingerprint density at radius 3 is 2.33 bits per heavy atom. The van der Waals surface area contributed by atoms with Gasteiger partial charge in [-0.1, -0.05) is 20.8 Å². The highest BCUT2D eigenvalue weighted by molar-refractivity contribution is 5.47. The topological polar surface area (TPSA) is 49.8 Å². The van der Waals surface area contributed by atoms with Crippen LogP contribution in [0, 0.1) is 5.92 Å². The van der Waals surface area contributed by atoms with Gasteiger partial charge in [-0.05, 0) is 25.7 Å². The van der Waals surface area contributed by atoms with E-state index in [9.17, 15) is 0 Å². The normalized spacial score (nSPS) is 10.7. The van der Waals surface area contributed by atoms with Gasteiger partial charge in [0.05, 0.1) is 0 Å². The van der Waals surface area contributed by atoms with Crippen LogP contribution in [-0.2, 0) is 6.42 Å². The number of hydrogen-bond acceptors (Lipinski definition) is 4. The molecule has 4 nitrogen and oxygen atoms in total. The van der Waals surface area contributed by atoms with Crippen molar-refractivity contribution in [1.29, 1.82) is 0 Å². The highest BCUT2D eigenvalue weighted by Crippen LogP contribution is 2.12. The largest absolute Gasteiger partial charge is 0.370 e. The molecule has 0 aromatic carbocycles. The van der Waals surface area contributed by atoms with Crippen LogP contribution in [0.3, 0.4) is 0 Å². The molecule has 0 unspecified atom stereocenters. The molecule has 1 aromatic heterocycles. The van der Waals surface area contributed by atoms with Gasteiger partial charge in [0.15, 0.2) is 0 Å². The summed E-state index contributed by atoms with van der Waals surface area (Å²) in [5, 5.41) is 6.62. The first-order chi connectivity index (χ1) is 8.65. The maximum absolute atomic E-state index is 4.49. The van der Waals surface area contributed by atoms with Crippen molar-refractivity contribution >= 4 is 11.6 Å². The molecule has 0 spiro atoms. The average Bonchev–Trinajstić information content (AvgIpc) is 2.34. The number of nitrogens with zero attached hydrogens (tertiary/aromatic N) is 2. The van der Waals surface area contributed by atoms with Crippen molar-refractivity contribution in [2.75, 3.05) is 23.7 Å². The summed E-state index contributed by atoms with van der Waals surface area (Å²) in [4.78, 5) is 8.92. The molecule has 0 aliphatic carbocycles. The molecule has 4 heteroatoms. The first-order valence-corrected chi connectivity index (χ1v) is 7.01. The molecule has 1 aromatic rings. The number of nitrogens with one attached hydrogen (secondary N) is 2. The Morgan fingerprint density at radius 1 is 1.11 bits per heavy atom. The highest BCUT2D eigenvalue weighted by atomic mass is 15.1. The van der Waals surface area contributed by atoms with Crippen LogP contribution < -0.4 is 10.6 Å². The van der Waals surface area contributed by atoms with E-state index in [-0.39, 0.29) is 0 Å². The van der Waals surface area contributed by atoms with Crippen LogP contribution >= 0.6 is 0 Å². The van der Waals surface area contributed by atoms with E-state index in [0.717, 1.165) is 42.9 Å². The third-order valence-corrected chi connectivity index (χ3v) is 2.71. The summed E-state index contributed by atoms with van der Waals surface area (Å²) in [5.41, 5.74) is 0. The van der Waals surface area contributed by atoms with Gasteiger partial charge in [-0.2, -0.15) is 0 Å². The van der Waals surface area contributed by atoms with Crippen LogP contribution in [0.1, 0.15) is 46.4 Å². The lowest BCUT2D eigenvalue weighted by Gasteiger charge is -2.10. The van der Waals surface area contributed by atoms with Gasteiger partial charge < -0.3 is 10.6 Å². The van der Waals surface area contributed by atoms with E-state index in [1.165, 1.54) is 12.8 Å². The molecule has 1 rings (SSSR count). The lowest BCUT2D eigenvalue weighted by atomic mass is 10.1.